The summed E-state index contributed by atoms with van der Waals surface area (Å²) in [4.78, 5) is 47.0. The van der Waals surface area contributed by atoms with E-state index < -0.39 is 53.3 Å². The quantitative estimate of drug-likeness (QED) is 0.144. The maximum atomic E-state index is 15.0. The highest BCUT2D eigenvalue weighted by Gasteiger charge is 2.45. The topological polar surface area (TPSA) is 173 Å². The summed E-state index contributed by atoms with van der Waals surface area (Å²) in [5.41, 5.74) is 4.27. The smallest absolute Gasteiger partial charge is 0.422 e. The van der Waals surface area contributed by atoms with Crippen LogP contribution in [0.5, 0.6) is 6.01 Å². The number of benzene rings is 2. The fourth-order valence-electron chi connectivity index (χ4n) is 4.06. The van der Waals surface area contributed by atoms with Crippen molar-refractivity contribution >= 4 is 46.9 Å². The SMILES string of the molecule is CC(C)(CNC(=O)C(N)=O)CNC(=O)c1ccc(Nc2nc(NC3(c4ccc(Cl)cc4)CC3)nc(OCC(F)(F)F)n2)cc1F. The zero-order valence-electron chi connectivity index (χ0n) is 24.0. The van der Waals surface area contributed by atoms with Crippen LogP contribution >= 0.6 is 11.6 Å². The molecule has 0 atom stereocenters. The van der Waals surface area contributed by atoms with E-state index in [1.165, 1.54) is 12.1 Å². The van der Waals surface area contributed by atoms with E-state index in [4.69, 9.17) is 22.1 Å². The second-order valence-corrected chi connectivity index (χ2v) is 11.5. The Morgan fingerprint density at radius 1 is 0.978 bits per heavy atom. The van der Waals surface area contributed by atoms with E-state index in [2.05, 4.69) is 36.2 Å². The van der Waals surface area contributed by atoms with Crippen molar-refractivity contribution in [1.29, 1.82) is 0 Å². The zero-order valence-corrected chi connectivity index (χ0v) is 24.8. The molecule has 0 aliphatic heterocycles. The Bertz CT molecular complexity index is 1580. The summed E-state index contributed by atoms with van der Waals surface area (Å²) in [6, 6.07) is 9.95. The Hall–Kier alpha value is -4.73. The number of aromatic nitrogens is 3. The number of alkyl halides is 3. The number of nitrogens with zero attached hydrogens (tertiary/aromatic N) is 3. The van der Waals surface area contributed by atoms with Crippen LogP contribution in [0.1, 0.15) is 42.6 Å². The van der Waals surface area contributed by atoms with Gasteiger partial charge < -0.3 is 31.7 Å². The summed E-state index contributed by atoms with van der Waals surface area (Å²) in [5.74, 6) is -4.11. The number of nitrogens with one attached hydrogen (secondary N) is 4. The molecule has 0 unspecified atom stereocenters. The van der Waals surface area contributed by atoms with E-state index in [1.54, 1.807) is 26.0 Å². The minimum absolute atomic E-state index is 0.0126. The van der Waals surface area contributed by atoms with Gasteiger partial charge in [-0.1, -0.05) is 37.6 Å². The van der Waals surface area contributed by atoms with Crippen molar-refractivity contribution in [2.75, 3.05) is 30.3 Å². The van der Waals surface area contributed by atoms with Gasteiger partial charge in [0.25, 0.3) is 5.91 Å². The molecule has 1 heterocycles. The van der Waals surface area contributed by atoms with E-state index in [0.717, 1.165) is 11.6 Å². The number of amides is 3. The number of carbonyl (C=O) groups excluding carboxylic acids is 3. The van der Waals surface area contributed by atoms with Gasteiger partial charge in [0.15, 0.2) is 6.61 Å². The van der Waals surface area contributed by atoms with Crippen LogP contribution in [0, 0.1) is 11.2 Å². The van der Waals surface area contributed by atoms with Crippen molar-refractivity contribution in [2.45, 2.75) is 38.4 Å². The summed E-state index contributed by atoms with van der Waals surface area (Å²) in [6.45, 7) is 1.78. The molecular formula is C28H29ClF4N8O4. The van der Waals surface area contributed by atoms with Gasteiger partial charge in [0, 0.05) is 23.8 Å². The standard InChI is InChI=1S/C28H29ClF4N8O4/c1-26(2,13-36-22(44)20(34)42)12-35-21(43)18-8-7-17(11-19(18)30)37-23-38-24(40-25(39-23)45-14-28(31,32)33)41-27(9-10-27)15-3-5-16(29)6-4-15/h3-8,11H,9-10,12-14H2,1-2H3,(H2,34,42)(H,35,43)(H,36,44)(H2,37,38,39,40,41). The molecular weight excluding hydrogens is 624 g/mol. The second kappa shape index (κ2) is 13.1. The summed E-state index contributed by atoms with van der Waals surface area (Å²) >= 11 is 5.99. The maximum Gasteiger partial charge on any atom is 0.422 e. The molecule has 3 amide bonds. The van der Waals surface area contributed by atoms with Crippen LogP contribution in [0.3, 0.4) is 0 Å². The Kier molecular flexibility index (Phi) is 9.65. The minimum atomic E-state index is -4.65. The molecule has 45 heavy (non-hydrogen) atoms. The summed E-state index contributed by atoms with van der Waals surface area (Å²) < 4.78 is 58.3. The molecule has 0 bridgehead atoms. The first-order valence-corrected chi connectivity index (χ1v) is 13.8. The van der Waals surface area contributed by atoms with Gasteiger partial charge in [-0.2, -0.15) is 28.1 Å². The van der Waals surface area contributed by atoms with E-state index in [1.807, 2.05) is 12.1 Å². The first-order chi connectivity index (χ1) is 21.0. The number of hydrogen-bond acceptors (Lipinski definition) is 9. The third-order valence-corrected chi connectivity index (χ3v) is 6.88. The highest BCUT2D eigenvalue weighted by atomic mass is 35.5. The van der Waals surface area contributed by atoms with Gasteiger partial charge in [0.1, 0.15) is 5.82 Å². The van der Waals surface area contributed by atoms with Gasteiger partial charge in [-0.15, -0.1) is 0 Å². The molecule has 3 aromatic rings. The summed E-state index contributed by atoms with van der Waals surface area (Å²) in [5, 5.41) is 11.3. The van der Waals surface area contributed by atoms with E-state index in [0.29, 0.717) is 17.9 Å². The van der Waals surface area contributed by atoms with Crippen molar-refractivity contribution in [3.8, 4) is 6.01 Å². The molecule has 1 fully saturated rings. The number of primary amides is 1. The average Bonchev–Trinajstić information content (AvgIpc) is 3.74. The van der Waals surface area contributed by atoms with Crippen LogP contribution in [0.15, 0.2) is 42.5 Å². The third-order valence-electron chi connectivity index (χ3n) is 6.63. The molecule has 1 aliphatic carbocycles. The molecule has 0 spiro atoms. The van der Waals surface area contributed by atoms with Crippen LogP contribution in [-0.4, -0.2) is 58.5 Å². The predicted molar refractivity (Wildman–Crippen MR) is 155 cm³/mol. The molecule has 17 heteroatoms. The van der Waals surface area contributed by atoms with Gasteiger partial charge >= 0.3 is 24.0 Å². The Balaban J connectivity index is 1.48. The number of anilines is 3. The van der Waals surface area contributed by atoms with Crippen molar-refractivity contribution in [3.63, 3.8) is 0 Å². The number of halogens is 5. The number of ether oxygens (including phenoxy) is 1. The molecule has 1 aromatic heterocycles. The zero-order chi connectivity index (χ0) is 33.0. The van der Waals surface area contributed by atoms with Crippen LogP contribution in [-0.2, 0) is 15.1 Å². The fraction of sp³-hybridized carbons (Fsp3) is 0.357. The lowest BCUT2D eigenvalue weighted by molar-refractivity contribution is -0.154. The molecule has 0 saturated heterocycles. The fourth-order valence-corrected chi connectivity index (χ4v) is 4.19. The lowest BCUT2D eigenvalue weighted by Gasteiger charge is -2.25. The van der Waals surface area contributed by atoms with Crippen molar-refractivity contribution in [1.82, 2.24) is 25.6 Å². The van der Waals surface area contributed by atoms with Crippen molar-refractivity contribution in [2.24, 2.45) is 11.1 Å². The monoisotopic (exact) mass is 652 g/mol. The van der Waals surface area contributed by atoms with Crippen LogP contribution in [0.2, 0.25) is 5.02 Å². The Labute approximate surface area is 259 Å². The third kappa shape index (κ3) is 9.38. The molecule has 1 saturated carbocycles. The summed E-state index contributed by atoms with van der Waals surface area (Å²) in [7, 11) is 0. The number of hydrogen-bond donors (Lipinski definition) is 5. The summed E-state index contributed by atoms with van der Waals surface area (Å²) in [6.07, 6.45) is -3.27. The normalized spacial score (nSPS) is 13.8. The maximum absolute atomic E-state index is 15.0. The first kappa shape index (κ1) is 33.2. The molecule has 1 aliphatic rings. The average molecular weight is 653 g/mol. The molecule has 4 rings (SSSR count). The lowest BCUT2D eigenvalue weighted by Crippen LogP contribution is -2.45. The van der Waals surface area contributed by atoms with Crippen LogP contribution < -0.4 is 31.7 Å². The molecule has 240 valence electrons. The molecule has 0 radical (unpaired) electrons. The van der Waals surface area contributed by atoms with Crippen molar-refractivity contribution in [3.05, 3.63) is 64.4 Å². The van der Waals surface area contributed by atoms with E-state index >= 15 is 0 Å². The molecule has 2 aromatic carbocycles. The second-order valence-electron chi connectivity index (χ2n) is 11.1. The van der Waals surface area contributed by atoms with Crippen LogP contribution in [0.4, 0.5) is 35.1 Å². The van der Waals surface area contributed by atoms with Crippen LogP contribution in [0.25, 0.3) is 0 Å². The highest BCUT2D eigenvalue weighted by molar-refractivity contribution is 6.34. The van der Waals surface area contributed by atoms with Gasteiger partial charge in [0.2, 0.25) is 11.9 Å². The Morgan fingerprint density at radius 2 is 1.62 bits per heavy atom. The number of carbonyl (C=O) groups is 3. The van der Waals surface area contributed by atoms with Gasteiger partial charge in [-0.05, 0) is 54.2 Å². The molecule has 12 nitrogen and oxygen atoms in total. The van der Waals surface area contributed by atoms with E-state index in [-0.39, 0.29) is 36.2 Å². The number of nitrogens with two attached hydrogens (primary N) is 1. The lowest BCUT2D eigenvalue weighted by atomic mass is 9.93. The van der Waals surface area contributed by atoms with Gasteiger partial charge in [0.05, 0.1) is 11.1 Å². The van der Waals surface area contributed by atoms with E-state index in [9.17, 15) is 31.9 Å². The van der Waals surface area contributed by atoms with Gasteiger partial charge in [-0.3, -0.25) is 14.4 Å². The molecule has 6 N–H and O–H groups in total. The Morgan fingerprint density at radius 3 is 2.22 bits per heavy atom. The highest BCUT2D eigenvalue weighted by Crippen LogP contribution is 2.48. The number of rotatable bonds is 12. The minimum Gasteiger partial charge on any atom is -0.454 e. The predicted octanol–water partition coefficient (Wildman–Crippen LogP) is 3.81. The van der Waals surface area contributed by atoms with Crippen molar-refractivity contribution < 1.29 is 36.7 Å². The largest absolute Gasteiger partial charge is 0.454 e. The van der Waals surface area contributed by atoms with Gasteiger partial charge in [-0.25, -0.2) is 4.39 Å². The first-order valence-electron chi connectivity index (χ1n) is 13.5.